The van der Waals surface area contributed by atoms with E-state index in [2.05, 4.69) is 25.5 Å². The Morgan fingerprint density at radius 2 is 2.03 bits per heavy atom. The van der Waals surface area contributed by atoms with Crippen molar-refractivity contribution in [2.45, 2.75) is 31.9 Å². The van der Waals surface area contributed by atoms with Gasteiger partial charge in [0.15, 0.2) is 0 Å². The fourth-order valence-corrected chi connectivity index (χ4v) is 3.29. The van der Waals surface area contributed by atoms with Gasteiger partial charge in [0.05, 0.1) is 43.1 Å². The van der Waals surface area contributed by atoms with E-state index in [-0.39, 0.29) is 12.1 Å². The first-order chi connectivity index (χ1) is 14.2. The molecule has 29 heavy (non-hydrogen) atoms. The molecule has 1 atom stereocenters. The van der Waals surface area contributed by atoms with Crippen LogP contribution < -0.4 is 10.1 Å². The zero-order valence-electron chi connectivity index (χ0n) is 16.5. The quantitative estimate of drug-likeness (QED) is 0.645. The second-order valence-corrected chi connectivity index (χ2v) is 6.99. The maximum absolute atomic E-state index is 6.18. The number of nitrogens with zero attached hydrogens (tertiary/aromatic N) is 5. The zero-order chi connectivity index (χ0) is 20.1. The normalized spacial score (nSPS) is 15.9. The Hall–Kier alpha value is -2.91. The highest BCUT2D eigenvalue weighted by atomic mass is 16.5. The molecule has 0 radical (unpaired) electrons. The zero-order valence-corrected chi connectivity index (χ0v) is 16.5. The molecular formula is C20H24N6O3. The summed E-state index contributed by atoms with van der Waals surface area (Å²) in [6, 6.07) is 1.95. The standard InChI is InChI=1S/C20H24N6O3/c1-13(12-27-2)25-20-22-11-17-18(26-20)16(14-3-6-23-24-9-14)10-21-19(17)29-15-4-7-28-8-5-15/h3,6,9-11,13,15H,4-5,7-8,12H2,1-2H3,(H,22,25,26)/t13-/m0/s1. The van der Waals surface area contributed by atoms with Gasteiger partial charge < -0.3 is 19.5 Å². The summed E-state index contributed by atoms with van der Waals surface area (Å²) < 4.78 is 16.8. The molecule has 0 aliphatic carbocycles. The summed E-state index contributed by atoms with van der Waals surface area (Å²) in [6.45, 7) is 3.96. The second-order valence-electron chi connectivity index (χ2n) is 6.99. The van der Waals surface area contributed by atoms with Crippen molar-refractivity contribution in [2.75, 3.05) is 32.2 Å². The summed E-state index contributed by atoms with van der Waals surface area (Å²) in [5.41, 5.74) is 2.47. The number of anilines is 1. The molecule has 1 aliphatic rings. The van der Waals surface area contributed by atoms with Gasteiger partial charge in [-0.1, -0.05) is 0 Å². The molecule has 152 valence electrons. The van der Waals surface area contributed by atoms with Gasteiger partial charge >= 0.3 is 0 Å². The molecule has 9 heteroatoms. The fourth-order valence-electron chi connectivity index (χ4n) is 3.29. The minimum atomic E-state index is 0.0725. The molecule has 1 N–H and O–H groups in total. The van der Waals surface area contributed by atoms with Crippen LogP contribution in [0.3, 0.4) is 0 Å². The minimum Gasteiger partial charge on any atom is -0.474 e. The molecule has 4 heterocycles. The largest absolute Gasteiger partial charge is 0.474 e. The number of nitrogens with one attached hydrogen (secondary N) is 1. The van der Waals surface area contributed by atoms with Crippen LogP contribution in [0.2, 0.25) is 0 Å². The van der Waals surface area contributed by atoms with Gasteiger partial charge in [0.1, 0.15) is 6.10 Å². The Bertz CT molecular complexity index is 950. The molecule has 4 rings (SSSR count). The Labute approximate surface area is 168 Å². The van der Waals surface area contributed by atoms with Crippen LogP contribution in [0, 0.1) is 0 Å². The average molecular weight is 396 g/mol. The third kappa shape index (κ3) is 4.57. The lowest BCUT2D eigenvalue weighted by atomic mass is 10.1. The van der Waals surface area contributed by atoms with Gasteiger partial charge in [0.2, 0.25) is 11.8 Å². The smallest absolute Gasteiger partial charge is 0.224 e. The highest BCUT2D eigenvalue weighted by Crippen LogP contribution is 2.32. The van der Waals surface area contributed by atoms with Crippen molar-refractivity contribution in [1.82, 2.24) is 25.1 Å². The maximum atomic E-state index is 6.18. The van der Waals surface area contributed by atoms with Gasteiger partial charge in [-0.3, -0.25) is 0 Å². The van der Waals surface area contributed by atoms with E-state index >= 15 is 0 Å². The number of fused-ring (bicyclic) bond motifs is 1. The number of ether oxygens (including phenoxy) is 3. The first kappa shape index (κ1) is 19.4. The van der Waals surface area contributed by atoms with Crippen molar-refractivity contribution in [3.05, 3.63) is 30.9 Å². The van der Waals surface area contributed by atoms with Crippen molar-refractivity contribution in [3.63, 3.8) is 0 Å². The number of pyridine rings is 1. The summed E-state index contributed by atoms with van der Waals surface area (Å²) in [4.78, 5) is 13.8. The molecule has 0 saturated carbocycles. The lowest BCUT2D eigenvalue weighted by Gasteiger charge is -2.23. The van der Waals surface area contributed by atoms with E-state index in [0.717, 1.165) is 34.9 Å². The lowest BCUT2D eigenvalue weighted by molar-refractivity contribution is 0.0244. The van der Waals surface area contributed by atoms with Gasteiger partial charge in [0.25, 0.3) is 0 Å². The van der Waals surface area contributed by atoms with Gasteiger partial charge in [-0.2, -0.15) is 10.2 Å². The van der Waals surface area contributed by atoms with Crippen LogP contribution in [0.15, 0.2) is 30.9 Å². The number of hydrogen-bond donors (Lipinski definition) is 1. The lowest BCUT2D eigenvalue weighted by Crippen LogP contribution is -2.26. The molecular weight excluding hydrogens is 372 g/mol. The van der Waals surface area contributed by atoms with Crippen LogP contribution in [-0.4, -0.2) is 64.2 Å². The van der Waals surface area contributed by atoms with Crippen molar-refractivity contribution in [3.8, 4) is 17.0 Å². The molecule has 3 aromatic heterocycles. The van der Waals surface area contributed by atoms with Gasteiger partial charge in [-0.25, -0.2) is 15.0 Å². The highest BCUT2D eigenvalue weighted by molar-refractivity contribution is 5.95. The second kappa shape index (κ2) is 9.06. The summed E-state index contributed by atoms with van der Waals surface area (Å²) in [7, 11) is 1.67. The molecule has 1 aliphatic heterocycles. The summed E-state index contributed by atoms with van der Waals surface area (Å²) in [5.74, 6) is 1.06. The number of rotatable bonds is 7. The van der Waals surface area contributed by atoms with Crippen LogP contribution >= 0.6 is 0 Å². The highest BCUT2D eigenvalue weighted by Gasteiger charge is 2.20. The predicted octanol–water partition coefficient (Wildman–Crippen LogP) is 2.49. The minimum absolute atomic E-state index is 0.0725. The Kier molecular flexibility index (Phi) is 6.06. The van der Waals surface area contributed by atoms with Crippen LogP contribution in [0.25, 0.3) is 22.0 Å². The van der Waals surface area contributed by atoms with Gasteiger partial charge in [-0.05, 0) is 13.0 Å². The molecule has 9 nitrogen and oxygen atoms in total. The van der Waals surface area contributed by atoms with E-state index < -0.39 is 0 Å². The molecule has 3 aromatic rings. The van der Waals surface area contributed by atoms with Crippen molar-refractivity contribution < 1.29 is 14.2 Å². The van der Waals surface area contributed by atoms with Crippen LogP contribution in [-0.2, 0) is 9.47 Å². The van der Waals surface area contributed by atoms with Crippen molar-refractivity contribution >= 4 is 16.9 Å². The van der Waals surface area contributed by atoms with E-state index in [9.17, 15) is 0 Å². The molecule has 0 amide bonds. The van der Waals surface area contributed by atoms with E-state index in [4.69, 9.17) is 19.2 Å². The van der Waals surface area contributed by atoms with Crippen molar-refractivity contribution in [2.24, 2.45) is 0 Å². The fraction of sp³-hybridized carbons (Fsp3) is 0.450. The van der Waals surface area contributed by atoms with Crippen LogP contribution in [0.4, 0.5) is 5.95 Å². The maximum Gasteiger partial charge on any atom is 0.224 e. The Morgan fingerprint density at radius 1 is 1.17 bits per heavy atom. The molecule has 0 bridgehead atoms. The van der Waals surface area contributed by atoms with E-state index in [1.165, 1.54) is 0 Å². The number of methoxy groups -OCH3 is 1. The Balaban J connectivity index is 1.74. The van der Waals surface area contributed by atoms with E-state index in [0.29, 0.717) is 31.6 Å². The van der Waals surface area contributed by atoms with Gasteiger partial charge in [-0.15, -0.1) is 0 Å². The number of aromatic nitrogens is 5. The molecule has 0 unspecified atom stereocenters. The monoisotopic (exact) mass is 396 g/mol. The Morgan fingerprint density at radius 3 is 2.79 bits per heavy atom. The van der Waals surface area contributed by atoms with Gasteiger partial charge in [0, 0.05) is 49.5 Å². The average Bonchev–Trinajstić information content (AvgIpc) is 2.75. The van der Waals surface area contributed by atoms with Crippen LogP contribution in [0.5, 0.6) is 5.88 Å². The first-order valence-electron chi connectivity index (χ1n) is 9.67. The van der Waals surface area contributed by atoms with Crippen LogP contribution in [0.1, 0.15) is 19.8 Å². The third-order valence-corrected chi connectivity index (χ3v) is 4.72. The number of hydrogen-bond acceptors (Lipinski definition) is 9. The van der Waals surface area contributed by atoms with E-state index in [1.807, 2.05) is 13.0 Å². The predicted molar refractivity (Wildman–Crippen MR) is 108 cm³/mol. The van der Waals surface area contributed by atoms with Crippen molar-refractivity contribution in [1.29, 1.82) is 0 Å². The van der Waals surface area contributed by atoms with E-state index in [1.54, 1.807) is 31.9 Å². The summed E-state index contributed by atoms with van der Waals surface area (Å²) in [6.07, 6.45) is 8.62. The molecule has 1 saturated heterocycles. The summed E-state index contributed by atoms with van der Waals surface area (Å²) >= 11 is 0. The topological polar surface area (TPSA) is 104 Å². The molecule has 0 aromatic carbocycles. The first-order valence-corrected chi connectivity index (χ1v) is 9.67. The third-order valence-electron chi connectivity index (χ3n) is 4.72. The SMILES string of the molecule is COC[C@H](C)Nc1ncc2c(OC3CCOCC3)ncc(-c3ccnnc3)c2n1. The molecule has 0 spiro atoms. The summed E-state index contributed by atoms with van der Waals surface area (Å²) in [5, 5.41) is 11.9. The molecule has 1 fully saturated rings.